The van der Waals surface area contributed by atoms with E-state index in [9.17, 15) is 4.39 Å². The van der Waals surface area contributed by atoms with Crippen molar-refractivity contribution in [2.75, 3.05) is 18.0 Å². The fourth-order valence-electron chi connectivity index (χ4n) is 1.65. The van der Waals surface area contributed by atoms with E-state index in [0.29, 0.717) is 17.9 Å². The van der Waals surface area contributed by atoms with E-state index in [1.54, 1.807) is 0 Å². The molecule has 0 aliphatic carbocycles. The zero-order chi connectivity index (χ0) is 10.7. The van der Waals surface area contributed by atoms with Gasteiger partial charge >= 0.3 is 0 Å². The van der Waals surface area contributed by atoms with Crippen molar-refractivity contribution in [3.05, 3.63) is 35.8 Å². The van der Waals surface area contributed by atoms with E-state index in [-0.39, 0.29) is 6.61 Å². The second kappa shape index (κ2) is 4.40. The first-order valence-corrected chi connectivity index (χ1v) is 4.97. The van der Waals surface area contributed by atoms with Crippen LogP contribution in [0.25, 0.3) is 0 Å². The van der Waals surface area contributed by atoms with E-state index in [1.807, 2.05) is 11.0 Å². The molecule has 80 valence electrons. The van der Waals surface area contributed by atoms with Gasteiger partial charge in [0.1, 0.15) is 0 Å². The van der Waals surface area contributed by atoms with Crippen molar-refractivity contribution in [2.45, 2.75) is 13.0 Å². The lowest BCUT2D eigenvalue weighted by molar-refractivity contribution is 0.275. The van der Waals surface area contributed by atoms with Crippen LogP contribution in [-0.4, -0.2) is 23.2 Å². The van der Waals surface area contributed by atoms with Crippen LogP contribution in [0.1, 0.15) is 12.0 Å². The zero-order valence-electron chi connectivity index (χ0n) is 8.36. The topological polar surface area (TPSA) is 36.4 Å². The highest BCUT2D eigenvalue weighted by atomic mass is 19.1. The van der Waals surface area contributed by atoms with Gasteiger partial charge in [-0.3, -0.25) is 0 Å². The molecule has 0 fully saturated rings. The maximum Gasteiger partial charge on any atom is 0.171 e. The van der Waals surface area contributed by atoms with E-state index < -0.39 is 5.82 Å². The van der Waals surface area contributed by atoms with E-state index >= 15 is 0 Å². The predicted molar refractivity (Wildman–Crippen MR) is 56.1 cm³/mol. The van der Waals surface area contributed by atoms with Crippen LogP contribution in [0, 0.1) is 5.82 Å². The molecule has 1 aliphatic heterocycles. The lowest BCUT2D eigenvalue weighted by atomic mass is 10.2. The van der Waals surface area contributed by atoms with Crippen LogP contribution in [0.3, 0.4) is 0 Å². The van der Waals surface area contributed by atoms with E-state index in [4.69, 9.17) is 5.11 Å². The van der Waals surface area contributed by atoms with Gasteiger partial charge in [0, 0.05) is 24.8 Å². The Morgan fingerprint density at radius 2 is 2.33 bits per heavy atom. The van der Waals surface area contributed by atoms with Crippen LogP contribution in [0.5, 0.6) is 0 Å². The molecule has 0 saturated heterocycles. The highest BCUT2D eigenvalue weighted by Gasteiger charge is 2.15. The molecule has 0 spiro atoms. The fraction of sp³-hybridized carbons (Fsp3) is 0.364. The van der Waals surface area contributed by atoms with Crippen molar-refractivity contribution in [2.24, 2.45) is 0 Å². The van der Waals surface area contributed by atoms with Crippen molar-refractivity contribution in [1.82, 2.24) is 4.98 Å². The standard InChI is InChI=1S/C11H13FN2O/c12-10-9(8-15)4-5-13-11(10)14-6-2-1-3-7-14/h1-2,4-5,15H,3,6-8H2. The Balaban J connectivity index is 2.31. The minimum atomic E-state index is -0.407. The summed E-state index contributed by atoms with van der Waals surface area (Å²) in [5.74, 6) is -0.0683. The first-order chi connectivity index (χ1) is 7.33. The number of hydrogen-bond acceptors (Lipinski definition) is 3. The van der Waals surface area contributed by atoms with Crippen LogP contribution in [0.2, 0.25) is 0 Å². The first-order valence-electron chi connectivity index (χ1n) is 4.97. The fourth-order valence-corrected chi connectivity index (χ4v) is 1.65. The molecule has 0 saturated carbocycles. The summed E-state index contributed by atoms with van der Waals surface area (Å²) in [5, 5.41) is 8.94. The number of halogens is 1. The SMILES string of the molecule is OCc1ccnc(N2CC=CCC2)c1F. The summed E-state index contributed by atoms with van der Waals surface area (Å²) in [7, 11) is 0. The molecule has 0 radical (unpaired) electrons. The summed E-state index contributed by atoms with van der Waals surface area (Å²) >= 11 is 0. The van der Waals surface area contributed by atoms with Crippen molar-refractivity contribution in [3.63, 3.8) is 0 Å². The number of aliphatic hydroxyl groups excluding tert-OH is 1. The molecule has 4 heteroatoms. The van der Waals surface area contributed by atoms with Crippen molar-refractivity contribution in [1.29, 1.82) is 0 Å². The van der Waals surface area contributed by atoms with Crippen molar-refractivity contribution in [3.8, 4) is 0 Å². The number of aliphatic hydroxyl groups is 1. The minimum Gasteiger partial charge on any atom is -0.392 e. The third-order valence-electron chi connectivity index (χ3n) is 2.48. The predicted octanol–water partition coefficient (Wildman–Crippen LogP) is 1.48. The summed E-state index contributed by atoms with van der Waals surface area (Å²) in [5.41, 5.74) is 0.301. The molecular weight excluding hydrogens is 195 g/mol. The van der Waals surface area contributed by atoms with Crippen LogP contribution in [-0.2, 0) is 6.61 Å². The Morgan fingerprint density at radius 3 is 3.00 bits per heavy atom. The first kappa shape index (κ1) is 10.1. The number of pyridine rings is 1. The van der Waals surface area contributed by atoms with Gasteiger partial charge in [0.2, 0.25) is 0 Å². The largest absolute Gasteiger partial charge is 0.392 e. The van der Waals surface area contributed by atoms with Crippen LogP contribution in [0.15, 0.2) is 24.4 Å². The van der Waals surface area contributed by atoms with Gasteiger partial charge in [-0.15, -0.1) is 0 Å². The molecule has 2 rings (SSSR count). The maximum atomic E-state index is 13.8. The quantitative estimate of drug-likeness (QED) is 0.748. The Hall–Kier alpha value is -1.42. The Kier molecular flexibility index (Phi) is 2.97. The average molecular weight is 208 g/mol. The molecule has 0 unspecified atom stereocenters. The van der Waals surface area contributed by atoms with Crippen LogP contribution in [0.4, 0.5) is 10.2 Å². The molecule has 1 aliphatic rings. The normalized spacial score (nSPS) is 15.7. The molecule has 0 aromatic carbocycles. The van der Waals surface area contributed by atoms with Crippen LogP contribution >= 0.6 is 0 Å². The molecule has 0 amide bonds. The summed E-state index contributed by atoms with van der Waals surface area (Å²) in [6.45, 7) is 1.17. The summed E-state index contributed by atoms with van der Waals surface area (Å²) in [4.78, 5) is 5.89. The van der Waals surface area contributed by atoms with Gasteiger partial charge in [0.25, 0.3) is 0 Å². The Bertz CT molecular complexity index is 379. The smallest absolute Gasteiger partial charge is 0.171 e. The highest BCUT2D eigenvalue weighted by Crippen LogP contribution is 2.20. The third kappa shape index (κ3) is 1.99. The lowest BCUT2D eigenvalue weighted by Crippen LogP contribution is -2.28. The van der Waals surface area contributed by atoms with Crippen LogP contribution < -0.4 is 4.90 Å². The second-order valence-corrected chi connectivity index (χ2v) is 3.47. The lowest BCUT2D eigenvalue weighted by Gasteiger charge is -2.25. The Labute approximate surface area is 87.9 Å². The second-order valence-electron chi connectivity index (χ2n) is 3.47. The van der Waals surface area contributed by atoms with Gasteiger partial charge in [-0.2, -0.15) is 0 Å². The molecule has 2 heterocycles. The van der Waals surface area contributed by atoms with Gasteiger partial charge < -0.3 is 10.0 Å². The molecule has 1 aromatic heterocycles. The molecule has 0 atom stereocenters. The molecule has 0 bridgehead atoms. The third-order valence-corrected chi connectivity index (χ3v) is 2.48. The monoisotopic (exact) mass is 208 g/mol. The summed E-state index contributed by atoms with van der Waals surface area (Å²) < 4.78 is 13.8. The zero-order valence-corrected chi connectivity index (χ0v) is 8.36. The maximum absolute atomic E-state index is 13.8. The molecule has 1 aromatic rings. The Morgan fingerprint density at radius 1 is 1.47 bits per heavy atom. The van der Waals surface area contributed by atoms with Gasteiger partial charge in [-0.25, -0.2) is 9.37 Å². The van der Waals surface area contributed by atoms with Crippen molar-refractivity contribution < 1.29 is 9.50 Å². The van der Waals surface area contributed by atoms with Gasteiger partial charge in [0.15, 0.2) is 11.6 Å². The minimum absolute atomic E-state index is 0.287. The number of aromatic nitrogens is 1. The van der Waals surface area contributed by atoms with Gasteiger partial charge in [0.05, 0.1) is 6.61 Å². The molecular formula is C11H13FN2O. The molecule has 3 nitrogen and oxygen atoms in total. The summed E-state index contributed by atoms with van der Waals surface area (Å²) in [6.07, 6.45) is 6.51. The van der Waals surface area contributed by atoms with Gasteiger partial charge in [-0.1, -0.05) is 12.2 Å². The number of nitrogens with zero attached hydrogens (tertiary/aromatic N) is 2. The van der Waals surface area contributed by atoms with Gasteiger partial charge in [-0.05, 0) is 12.5 Å². The molecule has 15 heavy (non-hydrogen) atoms. The molecule has 1 N–H and O–H groups in total. The average Bonchev–Trinajstić information content (AvgIpc) is 2.30. The van der Waals surface area contributed by atoms with E-state index in [0.717, 1.165) is 13.0 Å². The number of hydrogen-bond donors (Lipinski definition) is 1. The van der Waals surface area contributed by atoms with E-state index in [1.165, 1.54) is 12.3 Å². The van der Waals surface area contributed by atoms with E-state index in [2.05, 4.69) is 11.1 Å². The van der Waals surface area contributed by atoms with Crippen molar-refractivity contribution >= 4 is 5.82 Å². The number of rotatable bonds is 2. The highest BCUT2D eigenvalue weighted by molar-refractivity contribution is 5.44. The number of anilines is 1. The summed E-state index contributed by atoms with van der Waals surface area (Å²) in [6, 6.07) is 1.50.